The maximum atomic E-state index is 11.8. The molecule has 0 unspecified atom stereocenters. The Bertz CT molecular complexity index is 977. The number of aldehydes is 1. The summed E-state index contributed by atoms with van der Waals surface area (Å²) < 4.78 is 0. The normalized spacial score (nSPS) is 16.8. The van der Waals surface area contributed by atoms with Crippen LogP contribution in [0.2, 0.25) is 0 Å². The number of nitrogen functional groups attached to an aromatic ring is 1. The van der Waals surface area contributed by atoms with E-state index in [1.165, 1.54) is 5.56 Å². The minimum Gasteiger partial charge on any atom is -0.399 e. The van der Waals surface area contributed by atoms with E-state index in [1.807, 2.05) is 25.1 Å². The lowest BCUT2D eigenvalue weighted by molar-refractivity contribution is -0.110. The standard InChI is InChI=1S/C23H27N3OS/c1-4-6-16(14-28)20(15(5-2)13-27)11-22-23-18(12-26(22)3)9-17-10-19(24)7-8-21(17)25-23/h7-11,13-15H,4-6,12,24H2,1-3H3/b20-16+,22-11-/t15-/m0/s1. The van der Waals surface area contributed by atoms with Crippen LogP contribution in [-0.4, -0.2) is 28.6 Å². The average Bonchev–Trinajstić information content (AvgIpc) is 2.98. The van der Waals surface area contributed by atoms with Gasteiger partial charge in [0.25, 0.3) is 0 Å². The summed E-state index contributed by atoms with van der Waals surface area (Å²) in [6.07, 6.45) is 5.76. The number of thiocarbonyl (C=S) groups is 1. The van der Waals surface area contributed by atoms with Crippen LogP contribution in [0.4, 0.5) is 5.69 Å². The smallest absolute Gasteiger partial charge is 0.127 e. The van der Waals surface area contributed by atoms with Crippen LogP contribution in [0.3, 0.4) is 0 Å². The molecule has 0 spiro atoms. The van der Waals surface area contributed by atoms with Gasteiger partial charge in [0, 0.05) is 36.0 Å². The SMILES string of the molecule is CCC/C(C=S)=C(/C=C1/c2nc3ccc(N)cc3cc2CN1C)[C@H](C=O)CC. The Labute approximate surface area is 172 Å². The quantitative estimate of drug-likeness (QED) is 0.313. The number of pyridine rings is 1. The molecule has 2 aromatic rings. The van der Waals surface area contributed by atoms with Crippen LogP contribution in [-0.2, 0) is 11.3 Å². The molecule has 0 amide bonds. The summed E-state index contributed by atoms with van der Waals surface area (Å²) in [5.41, 5.74) is 12.9. The number of hydrogen-bond donors (Lipinski definition) is 1. The van der Waals surface area contributed by atoms with Gasteiger partial charge in [-0.2, -0.15) is 0 Å². The predicted octanol–water partition coefficient (Wildman–Crippen LogP) is 4.92. The van der Waals surface area contributed by atoms with E-state index in [0.717, 1.165) is 71.2 Å². The number of anilines is 1. The van der Waals surface area contributed by atoms with Gasteiger partial charge in [0.15, 0.2) is 0 Å². The van der Waals surface area contributed by atoms with Crippen LogP contribution in [0.25, 0.3) is 16.6 Å². The monoisotopic (exact) mass is 393 g/mol. The number of allylic oxidation sites excluding steroid dienone is 3. The Hall–Kier alpha value is -2.53. The van der Waals surface area contributed by atoms with Gasteiger partial charge in [-0.1, -0.05) is 32.5 Å². The molecule has 1 aliphatic heterocycles. The van der Waals surface area contributed by atoms with Crippen molar-refractivity contribution in [3.05, 3.63) is 52.7 Å². The summed E-state index contributed by atoms with van der Waals surface area (Å²) in [7, 11) is 2.06. The third-order valence-corrected chi connectivity index (χ3v) is 5.59. The topological polar surface area (TPSA) is 59.2 Å². The number of fused-ring (bicyclic) bond motifs is 2. The van der Waals surface area contributed by atoms with Crippen molar-refractivity contribution < 1.29 is 4.79 Å². The van der Waals surface area contributed by atoms with Crippen molar-refractivity contribution in [3.63, 3.8) is 0 Å². The first kappa shape index (κ1) is 20.2. The molecule has 5 heteroatoms. The van der Waals surface area contributed by atoms with Crippen molar-refractivity contribution in [2.75, 3.05) is 12.8 Å². The summed E-state index contributed by atoms with van der Waals surface area (Å²) in [5, 5.41) is 2.78. The maximum Gasteiger partial charge on any atom is 0.127 e. The molecule has 1 aromatic heterocycles. The molecule has 0 aliphatic carbocycles. The number of nitrogens with two attached hydrogens (primary N) is 1. The molecule has 0 saturated carbocycles. The maximum absolute atomic E-state index is 11.8. The van der Waals surface area contributed by atoms with Gasteiger partial charge in [-0.15, -0.1) is 0 Å². The van der Waals surface area contributed by atoms with Gasteiger partial charge in [-0.25, -0.2) is 4.98 Å². The molecule has 1 atom stereocenters. The zero-order chi connectivity index (χ0) is 20.3. The van der Waals surface area contributed by atoms with Crippen molar-refractivity contribution in [1.82, 2.24) is 9.88 Å². The zero-order valence-electron chi connectivity index (χ0n) is 16.7. The number of aromatic nitrogens is 1. The van der Waals surface area contributed by atoms with Crippen LogP contribution < -0.4 is 5.73 Å². The van der Waals surface area contributed by atoms with Crippen LogP contribution in [0.1, 0.15) is 44.4 Å². The molecular weight excluding hydrogens is 366 g/mol. The molecule has 146 valence electrons. The summed E-state index contributed by atoms with van der Waals surface area (Å²) >= 11 is 5.28. The lowest BCUT2D eigenvalue weighted by atomic mass is 9.90. The minimum atomic E-state index is -0.161. The fourth-order valence-corrected chi connectivity index (χ4v) is 4.05. The number of nitrogens with zero attached hydrogens (tertiary/aromatic N) is 2. The predicted molar refractivity (Wildman–Crippen MR) is 121 cm³/mol. The minimum absolute atomic E-state index is 0.161. The molecule has 1 aliphatic rings. The first-order valence-corrected chi connectivity index (χ1v) is 10.2. The highest BCUT2D eigenvalue weighted by Gasteiger charge is 2.25. The third kappa shape index (κ3) is 3.85. The van der Waals surface area contributed by atoms with E-state index >= 15 is 0 Å². The van der Waals surface area contributed by atoms with Gasteiger partial charge in [0.1, 0.15) is 6.29 Å². The molecule has 0 bridgehead atoms. The molecule has 1 aromatic carbocycles. The van der Waals surface area contributed by atoms with Gasteiger partial charge in [0.05, 0.1) is 16.9 Å². The van der Waals surface area contributed by atoms with Crippen LogP contribution >= 0.6 is 12.2 Å². The van der Waals surface area contributed by atoms with Crippen LogP contribution in [0.5, 0.6) is 0 Å². The van der Waals surface area contributed by atoms with Crippen LogP contribution in [0.15, 0.2) is 41.5 Å². The Kier molecular flexibility index (Phi) is 6.25. The number of hydrogen-bond acceptors (Lipinski definition) is 5. The highest BCUT2D eigenvalue weighted by atomic mass is 32.1. The number of benzene rings is 1. The van der Waals surface area contributed by atoms with Crippen molar-refractivity contribution in [2.24, 2.45) is 5.92 Å². The Morgan fingerprint density at radius 3 is 2.79 bits per heavy atom. The Balaban J connectivity index is 2.18. The van der Waals surface area contributed by atoms with Crippen molar-refractivity contribution >= 4 is 46.2 Å². The number of carbonyl (C=O) groups excluding carboxylic acids is 1. The average molecular weight is 394 g/mol. The van der Waals surface area contributed by atoms with E-state index in [1.54, 1.807) is 5.37 Å². The van der Waals surface area contributed by atoms with Gasteiger partial charge in [-0.05, 0) is 59.9 Å². The first-order valence-electron chi connectivity index (χ1n) is 9.78. The highest BCUT2D eigenvalue weighted by molar-refractivity contribution is 7.79. The summed E-state index contributed by atoms with van der Waals surface area (Å²) in [6, 6.07) is 7.95. The van der Waals surface area contributed by atoms with E-state index < -0.39 is 0 Å². The number of carbonyl (C=O) groups is 1. The molecule has 4 nitrogen and oxygen atoms in total. The first-order chi connectivity index (χ1) is 13.5. The summed E-state index contributed by atoms with van der Waals surface area (Å²) in [4.78, 5) is 18.9. The molecular formula is C23H27N3OS. The molecule has 3 rings (SSSR count). The summed E-state index contributed by atoms with van der Waals surface area (Å²) in [6.45, 7) is 4.94. The van der Waals surface area contributed by atoms with Crippen molar-refractivity contribution in [1.29, 1.82) is 0 Å². The number of rotatable bonds is 7. The van der Waals surface area contributed by atoms with Gasteiger partial charge in [-0.3, -0.25) is 0 Å². The van der Waals surface area contributed by atoms with Crippen molar-refractivity contribution in [3.8, 4) is 0 Å². The zero-order valence-corrected chi connectivity index (χ0v) is 17.6. The van der Waals surface area contributed by atoms with E-state index in [-0.39, 0.29) is 5.92 Å². The van der Waals surface area contributed by atoms with E-state index in [0.29, 0.717) is 0 Å². The Morgan fingerprint density at radius 2 is 2.14 bits per heavy atom. The van der Waals surface area contributed by atoms with E-state index in [2.05, 4.69) is 31.0 Å². The molecule has 2 N–H and O–H groups in total. The lowest BCUT2D eigenvalue weighted by Crippen LogP contribution is -2.12. The van der Waals surface area contributed by atoms with Gasteiger partial charge in [0.2, 0.25) is 0 Å². The van der Waals surface area contributed by atoms with Crippen molar-refractivity contribution in [2.45, 2.75) is 39.7 Å². The lowest BCUT2D eigenvalue weighted by Gasteiger charge is -2.18. The molecule has 28 heavy (non-hydrogen) atoms. The molecule has 0 radical (unpaired) electrons. The molecule has 2 heterocycles. The molecule has 0 fully saturated rings. The fraction of sp³-hybridized carbons (Fsp3) is 0.348. The molecule has 0 saturated heterocycles. The van der Waals surface area contributed by atoms with Crippen LogP contribution in [0, 0.1) is 5.92 Å². The highest BCUT2D eigenvalue weighted by Crippen LogP contribution is 2.35. The van der Waals surface area contributed by atoms with E-state index in [9.17, 15) is 4.79 Å². The fourth-order valence-electron chi connectivity index (χ4n) is 3.80. The summed E-state index contributed by atoms with van der Waals surface area (Å²) in [5.74, 6) is -0.161. The van der Waals surface area contributed by atoms with Gasteiger partial charge >= 0.3 is 0 Å². The second-order valence-electron chi connectivity index (χ2n) is 7.33. The second-order valence-corrected chi connectivity index (χ2v) is 7.57. The van der Waals surface area contributed by atoms with E-state index in [4.69, 9.17) is 22.9 Å². The second kappa shape index (κ2) is 8.65. The largest absolute Gasteiger partial charge is 0.399 e. The third-order valence-electron chi connectivity index (χ3n) is 5.31. The Morgan fingerprint density at radius 1 is 1.36 bits per heavy atom. The van der Waals surface area contributed by atoms with Gasteiger partial charge < -0.3 is 15.4 Å².